The molecule has 1 aromatic carbocycles. The molecule has 5 nitrogen and oxygen atoms in total. The first kappa shape index (κ1) is 14.9. The van der Waals surface area contributed by atoms with Crippen LogP contribution in [0.25, 0.3) is 0 Å². The second-order valence-electron chi connectivity index (χ2n) is 5.21. The van der Waals surface area contributed by atoms with Crippen molar-refractivity contribution < 1.29 is 0 Å². The van der Waals surface area contributed by atoms with Crippen LogP contribution in [0.2, 0.25) is 0 Å². The van der Waals surface area contributed by atoms with Crippen molar-refractivity contribution in [2.45, 2.75) is 41.9 Å². The molecule has 1 saturated carbocycles. The van der Waals surface area contributed by atoms with Crippen LogP contribution in [0.3, 0.4) is 0 Å². The van der Waals surface area contributed by atoms with Crippen LogP contribution >= 0.6 is 27.7 Å². The van der Waals surface area contributed by atoms with E-state index < -0.39 is 0 Å². The maximum atomic E-state index is 11.9. The molecule has 1 unspecified atom stereocenters. The third kappa shape index (κ3) is 3.09. The Morgan fingerprint density at radius 3 is 2.95 bits per heavy atom. The van der Waals surface area contributed by atoms with Crippen molar-refractivity contribution >= 4 is 27.7 Å². The highest BCUT2D eigenvalue weighted by Crippen LogP contribution is 2.39. The topological polar surface area (TPSA) is 62.7 Å². The lowest BCUT2D eigenvalue weighted by Gasteiger charge is -2.15. The van der Waals surface area contributed by atoms with E-state index in [0.717, 1.165) is 27.4 Å². The minimum atomic E-state index is -0.113. The summed E-state index contributed by atoms with van der Waals surface area (Å²) in [5.74, 6) is 0. The average molecular weight is 369 g/mol. The van der Waals surface area contributed by atoms with Gasteiger partial charge in [0.1, 0.15) is 0 Å². The second-order valence-corrected chi connectivity index (χ2v) is 7.13. The van der Waals surface area contributed by atoms with Crippen LogP contribution in [0.15, 0.2) is 37.5 Å². The molecular weight excluding hydrogens is 352 g/mol. The number of aromatic nitrogens is 3. The summed E-state index contributed by atoms with van der Waals surface area (Å²) >= 11 is 5.05. The molecule has 2 aromatic rings. The maximum absolute atomic E-state index is 11.9. The number of nitrogens with one attached hydrogen (secondary N) is 2. The van der Waals surface area contributed by atoms with E-state index in [-0.39, 0.29) is 11.7 Å². The van der Waals surface area contributed by atoms with Crippen molar-refractivity contribution in [1.29, 1.82) is 0 Å². The Hall–Kier alpha value is -1.05. The number of hydrogen-bond acceptors (Lipinski definition) is 4. The molecule has 21 heavy (non-hydrogen) atoms. The predicted molar refractivity (Wildman–Crippen MR) is 86.9 cm³/mol. The van der Waals surface area contributed by atoms with Gasteiger partial charge in [0.05, 0.1) is 0 Å². The number of hydrogen-bond donors (Lipinski definition) is 2. The Morgan fingerprint density at radius 2 is 2.29 bits per heavy atom. The summed E-state index contributed by atoms with van der Waals surface area (Å²) < 4.78 is 2.80. The Bertz CT molecular complexity index is 707. The van der Waals surface area contributed by atoms with E-state index in [4.69, 9.17) is 0 Å². The molecule has 1 aliphatic carbocycles. The van der Waals surface area contributed by atoms with Gasteiger partial charge in [-0.1, -0.05) is 22.0 Å². The fraction of sp³-hybridized carbons (Fsp3) is 0.429. The number of aromatic amines is 1. The molecule has 112 valence electrons. The first-order valence-corrected chi connectivity index (χ1v) is 8.52. The van der Waals surface area contributed by atoms with Crippen LogP contribution in [0.4, 0.5) is 0 Å². The minimum Gasteiger partial charge on any atom is -0.313 e. The summed E-state index contributed by atoms with van der Waals surface area (Å²) in [5.41, 5.74) is 1.08. The molecule has 1 aromatic heterocycles. The highest BCUT2D eigenvalue weighted by Gasteiger charge is 2.29. The van der Waals surface area contributed by atoms with Gasteiger partial charge in [-0.05, 0) is 56.3 Å². The number of rotatable bonds is 5. The quantitative estimate of drug-likeness (QED) is 0.850. The van der Waals surface area contributed by atoms with Crippen LogP contribution in [0.5, 0.6) is 0 Å². The van der Waals surface area contributed by atoms with Gasteiger partial charge in [0.25, 0.3) is 0 Å². The van der Waals surface area contributed by atoms with Gasteiger partial charge in [-0.3, -0.25) is 4.57 Å². The zero-order valence-corrected chi connectivity index (χ0v) is 14.3. The van der Waals surface area contributed by atoms with Crippen molar-refractivity contribution in [3.8, 4) is 0 Å². The standard InChI is InChI=1S/C14H17BrN4OS/c1-8(16-2)11-6-3-9(15)7-12(11)21-14-18-17-13(20)19(14)10-4-5-10/h3,6-8,10,16H,4-5H2,1-2H3,(H,17,20). The van der Waals surface area contributed by atoms with Gasteiger partial charge >= 0.3 is 5.69 Å². The van der Waals surface area contributed by atoms with Crippen LogP contribution in [-0.2, 0) is 0 Å². The van der Waals surface area contributed by atoms with Crippen molar-refractivity contribution in [1.82, 2.24) is 20.1 Å². The first-order valence-electron chi connectivity index (χ1n) is 6.91. The Balaban J connectivity index is 1.98. The summed E-state index contributed by atoms with van der Waals surface area (Å²) in [6.07, 6.45) is 2.12. The number of H-pyrrole nitrogens is 1. The summed E-state index contributed by atoms with van der Waals surface area (Å²) in [7, 11) is 1.94. The molecule has 3 rings (SSSR count). The molecule has 1 atom stereocenters. The lowest BCUT2D eigenvalue weighted by atomic mass is 10.1. The van der Waals surface area contributed by atoms with E-state index in [1.165, 1.54) is 17.3 Å². The molecule has 0 bridgehead atoms. The maximum Gasteiger partial charge on any atom is 0.344 e. The van der Waals surface area contributed by atoms with Crippen LogP contribution in [0.1, 0.15) is 37.4 Å². The normalized spacial score (nSPS) is 16.1. The minimum absolute atomic E-state index is 0.113. The van der Waals surface area contributed by atoms with Crippen LogP contribution < -0.4 is 11.0 Å². The van der Waals surface area contributed by atoms with E-state index in [0.29, 0.717) is 6.04 Å². The molecule has 1 heterocycles. The van der Waals surface area contributed by atoms with Crippen molar-refractivity contribution in [3.05, 3.63) is 38.7 Å². The monoisotopic (exact) mass is 368 g/mol. The molecular formula is C14H17BrN4OS. The molecule has 0 aliphatic heterocycles. The fourth-order valence-electron chi connectivity index (χ4n) is 2.23. The van der Waals surface area contributed by atoms with E-state index in [1.54, 1.807) is 4.57 Å². The molecule has 7 heteroatoms. The summed E-state index contributed by atoms with van der Waals surface area (Å²) in [4.78, 5) is 13.0. The molecule has 0 radical (unpaired) electrons. The predicted octanol–water partition coefficient (Wildman–Crippen LogP) is 3.10. The number of benzene rings is 1. The highest BCUT2D eigenvalue weighted by atomic mass is 79.9. The number of halogens is 1. The summed E-state index contributed by atoms with van der Waals surface area (Å²) in [6, 6.07) is 6.76. The van der Waals surface area contributed by atoms with E-state index >= 15 is 0 Å². The zero-order chi connectivity index (χ0) is 15.0. The lowest BCUT2D eigenvalue weighted by Crippen LogP contribution is -2.16. The van der Waals surface area contributed by atoms with Crippen LogP contribution in [0, 0.1) is 0 Å². The number of nitrogens with zero attached hydrogens (tertiary/aromatic N) is 2. The molecule has 0 amide bonds. The Morgan fingerprint density at radius 1 is 1.52 bits per heavy atom. The summed E-state index contributed by atoms with van der Waals surface area (Å²) in [5, 5.41) is 10.7. The van der Waals surface area contributed by atoms with Crippen molar-refractivity contribution in [3.63, 3.8) is 0 Å². The zero-order valence-electron chi connectivity index (χ0n) is 11.9. The third-order valence-electron chi connectivity index (χ3n) is 3.66. The van der Waals surface area contributed by atoms with E-state index in [1.807, 2.05) is 13.1 Å². The van der Waals surface area contributed by atoms with Gasteiger partial charge in [0.2, 0.25) is 0 Å². The summed E-state index contributed by atoms with van der Waals surface area (Å²) in [6.45, 7) is 2.12. The SMILES string of the molecule is CNC(C)c1ccc(Br)cc1Sc1n[nH]c(=O)n1C1CC1. The fourth-order valence-corrected chi connectivity index (χ4v) is 3.90. The van der Waals surface area contributed by atoms with Crippen molar-refractivity contribution in [2.24, 2.45) is 0 Å². The van der Waals surface area contributed by atoms with Gasteiger partial charge in [0.15, 0.2) is 5.16 Å². The average Bonchev–Trinajstić information content (AvgIpc) is 3.23. The largest absolute Gasteiger partial charge is 0.344 e. The van der Waals surface area contributed by atoms with Crippen LogP contribution in [-0.4, -0.2) is 21.8 Å². The van der Waals surface area contributed by atoms with Gasteiger partial charge in [-0.25, -0.2) is 9.89 Å². The van der Waals surface area contributed by atoms with Gasteiger partial charge < -0.3 is 5.32 Å². The molecule has 2 N–H and O–H groups in total. The molecule has 0 saturated heterocycles. The molecule has 1 aliphatic rings. The Kier molecular flexibility index (Phi) is 4.24. The molecule has 1 fully saturated rings. The third-order valence-corrected chi connectivity index (χ3v) is 5.20. The lowest BCUT2D eigenvalue weighted by molar-refractivity contribution is 0.634. The van der Waals surface area contributed by atoms with Gasteiger partial charge in [-0.2, -0.15) is 0 Å². The van der Waals surface area contributed by atoms with Gasteiger partial charge in [0, 0.05) is 21.5 Å². The smallest absolute Gasteiger partial charge is 0.313 e. The Labute approximate surface area is 135 Å². The van der Waals surface area contributed by atoms with Crippen molar-refractivity contribution in [2.75, 3.05) is 7.05 Å². The van der Waals surface area contributed by atoms with Gasteiger partial charge in [-0.15, -0.1) is 5.10 Å². The first-order chi connectivity index (χ1) is 10.1. The highest BCUT2D eigenvalue weighted by molar-refractivity contribution is 9.10. The second kappa shape index (κ2) is 5.98. The van der Waals surface area contributed by atoms with E-state index in [9.17, 15) is 4.79 Å². The molecule has 0 spiro atoms. The van der Waals surface area contributed by atoms with E-state index in [2.05, 4.69) is 50.5 Å².